The SMILES string of the molecule is CCOC(=O)/C=C/[C@H]1CC2(C[C@H]3[C@H](Sc4ccccc4)N(C)C(=O)[C@@]13COCc1ccccc1)OCC(C)(C)CO2. The number of likely N-dealkylation sites (tertiary alicyclic amines) is 1. The van der Waals surface area contributed by atoms with Crippen molar-refractivity contribution < 1.29 is 28.5 Å². The van der Waals surface area contributed by atoms with Crippen LogP contribution in [-0.2, 0) is 35.1 Å². The lowest BCUT2D eigenvalue weighted by Gasteiger charge is -2.54. The van der Waals surface area contributed by atoms with Gasteiger partial charge in [-0.15, -0.1) is 11.8 Å². The molecular weight excluding hydrogens is 538 g/mol. The van der Waals surface area contributed by atoms with Crippen LogP contribution in [0.25, 0.3) is 0 Å². The molecule has 2 aromatic rings. The molecule has 2 saturated heterocycles. The van der Waals surface area contributed by atoms with Gasteiger partial charge in [-0.05, 0) is 30.5 Å². The maximum absolute atomic E-state index is 14.5. The lowest BCUT2D eigenvalue weighted by molar-refractivity contribution is -0.327. The van der Waals surface area contributed by atoms with E-state index in [1.54, 1.807) is 18.7 Å². The highest BCUT2D eigenvalue weighted by molar-refractivity contribution is 8.00. The van der Waals surface area contributed by atoms with E-state index >= 15 is 0 Å². The number of esters is 1. The Kier molecular flexibility index (Phi) is 8.95. The van der Waals surface area contributed by atoms with Crippen molar-refractivity contribution in [1.82, 2.24) is 4.90 Å². The van der Waals surface area contributed by atoms with Crippen LogP contribution in [-0.4, -0.2) is 61.4 Å². The van der Waals surface area contributed by atoms with Crippen LogP contribution in [0.15, 0.2) is 77.7 Å². The first-order valence-electron chi connectivity index (χ1n) is 14.4. The Bertz CT molecular complexity index is 1220. The van der Waals surface area contributed by atoms with Gasteiger partial charge in [0.1, 0.15) is 0 Å². The van der Waals surface area contributed by atoms with Crippen LogP contribution in [0, 0.1) is 22.7 Å². The van der Waals surface area contributed by atoms with Gasteiger partial charge < -0.3 is 23.8 Å². The molecule has 2 aliphatic heterocycles. The second-order valence-electron chi connectivity index (χ2n) is 12.1. The van der Waals surface area contributed by atoms with Crippen molar-refractivity contribution in [3.05, 3.63) is 78.4 Å². The first kappa shape index (κ1) is 29.8. The van der Waals surface area contributed by atoms with Crippen molar-refractivity contribution in [2.45, 2.75) is 56.3 Å². The predicted molar refractivity (Wildman–Crippen MR) is 158 cm³/mol. The molecule has 0 radical (unpaired) electrons. The van der Waals surface area contributed by atoms with E-state index in [0.717, 1.165) is 10.5 Å². The highest BCUT2D eigenvalue weighted by Gasteiger charge is 2.67. The molecule has 0 bridgehead atoms. The summed E-state index contributed by atoms with van der Waals surface area (Å²) < 4.78 is 24.7. The van der Waals surface area contributed by atoms with Crippen LogP contribution in [0.5, 0.6) is 0 Å². The number of nitrogens with zero attached hydrogens (tertiary/aromatic N) is 1. The van der Waals surface area contributed by atoms with Crippen LogP contribution in [0.1, 0.15) is 39.2 Å². The normalized spacial score (nSPS) is 28.6. The van der Waals surface area contributed by atoms with Crippen LogP contribution in [0.2, 0.25) is 0 Å². The fraction of sp³-hybridized carbons (Fsp3) is 0.515. The van der Waals surface area contributed by atoms with E-state index in [1.807, 2.05) is 66.6 Å². The van der Waals surface area contributed by atoms with Crippen molar-refractivity contribution in [2.24, 2.45) is 22.7 Å². The molecule has 4 atom stereocenters. The molecule has 8 heteroatoms. The number of hydrogen-bond donors (Lipinski definition) is 0. The van der Waals surface area contributed by atoms with Crippen LogP contribution in [0.3, 0.4) is 0 Å². The van der Waals surface area contributed by atoms with Crippen molar-refractivity contribution in [3.63, 3.8) is 0 Å². The standard InChI is InChI=1S/C33H41NO6S/c1-5-38-28(35)17-16-25-18-32(39-21-31(2,3)22-40-32)19-27-29(41-26-14-10-7-11-15-26)34(4)30(36)33(25,27)23-37-20-24-12-8-6-9-13-24/h6-17,25,27,29H,5,18-23H2,1-4H3/b17-16+/t25-,27-,29-,33-/m0/s1. The summed E-state index contributed by atoms with van der Waals surface area (Å²) in [6.45, 7) is 8.06. The van der Waals surface area contributed by atoms with E-state index in [-0.39, 0.29) is 41.7 Å². The quantitative estimate of drug-likeness (QED) is 0.279. The monoisotopic (exact) mass is 579 g/mol. The summed E-state index contributed by atoms with van der Waals surface area (Å²) in [5, 5.41) is -0.164. The fourth-order valence-corrected chi connectivity index (χ4v) is 7.71. The zero-order valence-electron chi connectivity index (χ0n) is 24.4. The van der Waals surface area contributed by atoms with Crippen LogP contribution in [0.4, 0.5) is 0 Å². The van der Waals surface area contributed by atoms with Gasteiger partial charge in [0.2, 0.25) is 5.91 Å². The Morgan fingerprint density at radius 2 is 1.71 bits per heavy atom. The number of rotatable bonds is 9. The number of carbonyl (C=O) groups is 2. The van der Waals surface area contributed by atoms with Gasteiger partial charge >= 0.3 is 5.97 Å². The lowest BCUT2D eigenvalue weighted by atomic mass is 9.59. The zero-order chi connectivity index (χ0) is 29.1. The minimum Gasteiger partial charge on any atom is -0.463 e. The van der Waals surface area contributed by atoms with E-state index in [4.69, 9.17) is 18.9 Å². The third kappa shape index (κ3) is 6.26. The van der Waals surface area contributed by atoms with E-state index in [0.29, 0.717) is 32.7 Å². The molecule has 5 rings (SSSR count). The Balaban J connectivity index is 1.54. The zero-order valence-corrected chi connectivity index (χ0v) is 25.2. The van der Waals surface area contributed by atoms with Gasteiger partial charge in [0.25, 0.3) is 0 Å². The summed E-state index contributed by atoms with van der Waals surface area (Å²) in [4.78, 5) is 29.9. The molecule has 7 nitrogen and oxygen atoms in total. The second-order valence-corrected chi connectivity index (χ2v) is 13.3. The summed E-state index contributed by atoms with van der Waals surface area (Å²) in [5.74, 6) is -1.78. The Hall–Kier alpha value is -2.65. The van der Waals surface area contributed by atoms with Gasteiger partial charge in [0, 0.05) is 42.2 Å². The summed E-state index contributed by atoms with van der Waals surface area (Å²) in [5.41, 5.74) is 0.0423. The second kappa shape index (κ2) is 12.3. The maximum Gasteiger partial charge on any atom is 0.330 e. The fourth-order valence-electron chi connectivity index (χ4n) is 6.36. The smallest absolute Gasteiger partial charge is 0.330 e. The number of fused-ring (bicyclic) bond motifs is 1. The van der Waals surface area contributed by atoms with Gasteiger partial charge in [-0.25, -0.2) is 4.79 Å². The number of hydrogen-bond acceptors (Lipinski definition) is 7. The van der Waals surface area contributed by atoms with Crippen LogP contribution < -0.4 is 0 Å². The molecule has 1 amide bonds. The Morgan fingerprint density at radius 3 is 2.37 bits per heavy atom. The van der Waals surface area contributed by atoms with Crippen molar-refractivity contribution in [2.75, 3.05) is 33.5 Å². The summed E-state index contributed by atoms with van der Waals surface area (Å²) >= 11 is 1.68. The number of carbonyl (C=O) groups excluding carboxylic acids is 2. The average Bonchev–Trinajstić information content (AvgIpc) is 3.16. The first-order valence-corrected chi connectivity index (χ1v) is 15.3. The van der Waals surface area contributed by atoms with E-state index in [1.165, 1.54) is 6.08 Å². The molecule has 2 aromatic carbocycles. The molecule has 0 aromatic heterocycles. The minimum atomic E-state index is -0.899. The van der Waals surface area contributed by atoms with Crippen LogP contribution >= 0.6 is 11.8 Å². The number of benzene rings is 2. The minimum absolute atomic E-state index is 0.0218. The number of thioether (sulfide) groups is 1. The van der Waals surface area contributed by atoms with Crippen molar-refractivity contribution in [3.8, 4) is 0 Å². The number of amides is 1. The molecule has 1 saturated carbocycles. The van der Waals surface area contributed by atoms with Crippen molar-refractivity contribution in [1.29, 1.82) is 0 Å². The van der Waals surface area contributed by atoms with E-state index in [9.17, 15) is 9.59 Å². The molecule has 1 spiro atoms. The largest absolute Gasteiger partial charge is 0.463 e. The summed E-state index contributed by atoms with van der Waals surface area (Å²) in [7, 11) is 1.88. The topological polar surface area (TPSA) is 74.3 Å². The van der Waals surface area contributed by atoms with Gasteiger partial charge in [-0.2, -0.15) is 0 Å². The molecule has 3 aliphatic rings. The molecule has 41 heavy (non-hydrogen) atoms. The summed E-state index contributed by atoms with van der Waals surface area (Å²) in [6.07, 6.45) is 4.31. The average molecular weight is 580 g/mol. The van der Waals surface area contributed by atoms with Gasteiger partial charge in [0.15, 0.2) is 5.79 Å². The predicted octanol–water partition coefficient (Wildman–Crippen LogP) is 5.69. The Labute approximate surface area is 247 Å². The molecule has 220 valence electrons. The van der Waals surface area contributed by atoms with Crippen molar-refractivity contribution >= 4 is 23.6 Å². The number of ether oxygens (including phenoxy) is 4. The molecule has 0 unspecified atom stereocenters. The number of allylic oxidation sites excluding steroid dienone is 1. The van der Waals surface area contributed by atoms with Gasteiger partial charge in [0.05, 0.1) is 43.8 Å². The summed E-state index contributed by atoms with van der Waals surface area (Å²) in [6, 6.07) is 20.1. The van der Waals surface area contributed by atoms with Gasteiger partial charge in [-0.1, -0.05) is 68.5 Å². The third-order valence-electron chi connectivity index (χ3n) is 8.49. The molecular formula is C33H41NO6S. The molecule has 3 fully saturated rings. The lowest BCUT2D eigenvalue weighted by Crippen LogP contribution is -2.59. The van der Waals surface area contributed by atoms with E-state index < -0.39 is 17.2 Å². The molecule has 1 aliphatic carbocycles. The maximum atomic E-state index is 14.5. The molecule has 2 heterocycles. The first-order chi connectivity index (χ1) is 19.7. The van der Waals surface area contributed by atoms with E-state index in [2.05, 4.69) is 26.0 Å². The van der Waals surface area contributed by atoms with Gasteiger partial charge in [-0.3, -0.25) is 4.79 Å². The highest BCUT2D eigenvalue weighted by atomic mass is 32.2. The highest BCUT2D eigenvalue weighted by Crippen LogP contribution is 2.61. The Morgan fingerprint density at radius 1 is 1.05 bits per heavy atom. The third-order valence-corrected chi connectivity index (χ3v) is 9.92. The molecule has 0 N–H and O–H groups in total.